The normalized spacial score (nSPS) is 18.6. The molecule has 5 nitrogen and oxygen atoms in total. The van der Waals surface area contributed by atoms with Gasteiger partial charge in [0, 0.05) is 0 Å². The van der Waals surface area contributed by atoms with Crippen molar-refractivity contribution in [1.82, 2.24) is 19.9 Å². The van der Waals surface area contributed by atoms with Crippen LogP contribution in [0, 0.1) is 23.2 Å². The van der Waals surface area contributed by atoms with Crippen molar-refractivity contribution in [2.24, 2.45) is 4.99 Å². The summed E-state index contributed by atoms with van der Waals surface area (Å²) < 4.78 is 19.9. The molecule has 0 spiro atoms. The van der Waals surface area contributed by atoms with Gasteiger partial charge in [-0.1, -0.05) is 0 Å². The summed E-state index contributed by atoms with van der Waals surface area (Å²) in [6.07, 6.45) is 8.80. The first-order valence-electron chi connectivity index (χ1n) is 9.53. The van der Waals surface area contributed by atoms with Gasteiger partial charge in [-0.05, 0) is 0 Å². The van der Waals surface area contributed by atoms with E-state index in [1.54, 1.807) is 10.6 Å². The van der Waals surface area contributed by atoms with Crippen molar-refractivity contribution in [2.45, 2.75) is 26.2 Å². The average molecular weight is 500 g/mol. The van der Waals surface area contributed by atoms with Gasteiger partial charge in [-0.15, -0.1) is 0 Å². The van der Waals surface area contributed by atoms with E-state index in [1.807, 2.05) is 42.6 Å². The zero-order valence-corrected chi connectivity index (χ0v) is 18.3. The number of imidazole rings is 1. The minimum atomic E-state index is -0.517. The van der Waals surface area contributed by atoms with Crippen LogP contribution in [0.4, 0.5) is 4.39 Å². The third kappa shape index (κ3) is 3.48. The molecule has 1 aromatic carbocycles. The van der Waals surface area contributed by atoms with Gasteiger partial charge in [0.25, 0.3) is 0 Å². The van der Waals surface area contributed by atoms with Gasteiger partial charge in [0.2, 0.25) is 0 Å². The second kappa shape index (κ2) is 7.37. The monoisotopic (exact) mass is 500 g/mol. The number of benzene rings is 1. The van der Waals surface area contributed by atoms with E-state index in [2.05, 4.69) is 32.5 Å². The first-order chi connectivity index (χ1) is 14.1. The Kier molecular flexibility index (Phi) is 4.69. The van der Waals surface area contributed by atoms with Crippen LogP contribution in [-0.2, 0) is 0 Å². The molecule has 2 aliphatic rings. The van der Waals surface area contributed by atoms with Crippen LogP contribution in [0.5, 0.6) is 0 Å². The van der Waals surface area contributed by atoms with E-state index in [1.165, 1.54) is 0 Å². The van der Waals surface area contributed by atoms with E-state index >= 15 is 4.39 Å². The number of hydrogen-bond acceptors (Lipinski definition) is 4. The Bertz CT molecular complexity index is 1210. The number of aromatic nitrogens is 3. The van der Waals surface area contributed by atoms with Crippen molar-refractivity contribution < 1.29 is 25.6 Å². The van der Waals surface area contributed by atoms with Gasteiger partial charge in [0.15, 0.2) is 0 Å². The molecule has 0 radical (unpaired) electrons. The quantitative estimate of drug-likeness (QED) is 0.532. The van der Waals surface area contributed by atoms with E-state index in [4.69, 9.17) is 0 Å². The standard InChI is InChI=1S/C22H20FIN5/c1-13-7-21(28-29-11-14(2)27-22(13)29)20-10-17-18(23)8-16(9-19(17)24-12-26-20)15-3-5-25-6-4-15/h3,5,7-12,15,25H,4,6H2,1-2H3/q-1. The first kappa shape index (κ1) is 18.5. The molecule has 1 atom stereocenters. The predicted octanol–water partition coefficient (Wildman–Crippen LogP) is 0.874. The molecule has 0 fully saturated rings. The van der Waals surface area contributed by atoms with Gasteiger partial charge < -0.3 is 0 Å². The second-order valence-corrected chi connectivity index (χ2v) is 9.68. The number of allylic oxidation sites excluding steroid dienone is 1. The molecule has 3 aromatic rings. The van der Waals surface area contributed by atoms with Crippen molar-refractivity contribution in [2.75, 3.05) is 6.54 Å². The molecule has 7 heteroatoms. The van der Waals surface area contributed by atoms with Crippen molar-refractivity contribution in [3.63, 3.8) is 0 Å². The third-order valence-corrected chi connectivity index (χ3v) is 7.32. The summed E-state index contributed by atoms with van der Waals surface area (Å²) >= 11 is -0.517. The third-order valence-electron chi connectivity index (χ3n) is 5.20. The first-order valence-corrected chi connectivity index (χ1v) is 11.9. The van der Waals surface area contributed by atoms with Gasteiger partial charge >= 0.3 is 179 Å². The van der Waals surface area contributed by atoms with Gasteiger partial charge in [0.1, 0.15) is 0 Å². The molecular formula is C22H20FIN5-. The van der Waals surface area contributed by atoms with Gasteiger partial charge in [-0.25, -0.2) is 0 Å². The van der Waals surface area contributed by atoms with E-state index in [0.717, 1.165) is 44.7 Å². The molecule has 0 amide bonds. The van der Waals surface area contributed by atoms with E-state index in [9.17, 15) is 0 Å². The van der Waals surface area contributed by atoms with Crippen LogP contribution in [-0.4, -0.2) is 25.4 Å². The fourth-order valence-electron chi connectivity index (χ4n) is 3.74. The molecule has 2 aliphatic heterocycles. The Labute approximate surface area is 178 Å². The Morgan fingerprint density at radius 2 is 2.14 bits per heavy atom. The maximum atomic E-state index is 15.1. The van der Waals surface area contributed by atoms with E-state index < -0.39 is 21.2 Å². The number of rotatable bonds is 2. The summed E-state index contributed by atoms with van der Waals surface area (Å²) in [5, 5.41) is 7.86. The summed E-state index contributed by atoms with van der Waals surface area (Å²) in [6, 6.07) is 5.82. The van der Waals surface area contributed by atoms with Gasteiger partial charge in [-0.3, -0.25) is 0 Å². The van der Waals surface area contributed by atoms with Gasteiger partial charge in [0.05, 0.1) is 0 Å². The number of fused-ring (bicyclic) bond motifs is 2. The number of hydrogen-bond donors (Lipinski definition) is 1. The molecule has 4 heterocycles. The van der Waals surface area contributed by atoms with Gasteiger partial charge in [-0.2, -0.15) is 0 Å². The topological polar surface area (TPSA) is 54.6 Å². The van der Waals surface area contributed by atoms with Crippen LogP contribution in [0.1, 0.15) is 40.4 Å². The van der Waals surface area contributed by atoms with Crippen LogP contribution in [0.3, 0.4) is 0 Å². The average Bonchev–Trinajstić information content (AvgIpc) is 2.96. The molecule has 1 unspecified atom stereocenters. The van der Waals surface area contributed by atoms with Crippen molar-refractivity contribution in [1.29, 1.82) is 0 Å². The van der Waals surface area contributed by atoms with Crippen LogP contribution < -0.4 is 26.5 Å². The summed E-state index contributed by atoms with van der Waals surface area (Å²) in [5.74, 6) is 0.0864. The number of aliphatic imine (C=N–C) groups is 1. The molecule has 148 valence electrons. The SMILES string of the molecule is Cc1cn2nc(C3=Cc4c(F)cc(C5C=CNCC5)cc4[I-]C=N3)cc(C)c2n1. The number of nitrogens with zero attached hydrogens (tertiary/aromatic N) is 4. The van der Waals surface area contributed by atoms with Crippen molar-refractivity contribution >= 4 is 21.6 Å². The van der Waals surface area contributed by atoms with Crippen LogP contribution >= 0.6 is 0 Å². The second-order valence-electron chi connectivity index (χ2n) is 7.34. The molecule has 2 aromatic heterocycles. The zero-order chi connectivity index (χ0) is 20.0. The maximum absolute atomic E-state index is 15.1. The number of aryl methyl sites for hydroxylation is 2. The fraction of sp³-hybridized carbons (Fsp3) is 0.227. The van der Waals surface area contributed by atoms with Crippen LogP contribution in [0.15, 0.2) is 41.7 Å². The molecular weight excluding hydrogens is 480 g/mol. The Balaban J connectivity index is 1.59. The number of halogens is 2. The Morgan fingerprint density at radius 1 is 1.24 bits per heavy atom. The van der Waals surface area contributed by atoms with Crippen molar-refractivity contribution in [3.8, 4) is 0 Å². The van der Waals surface area contributed by atoms with E-state index in [0.29, 0.717) is 11.3 Å². The number of nitrogens with one attached hydrogen (secondary N) is 1. The van der Waals surface area contributed by atoms with Crippen molar-refractivity contribution in [3.05, 3.63) is 74.1 Å². The predicted molar refractivity (Wildman–Crippen MR) is 108 cm³/mol. The molecule has 29 heavy (non-hydrogen) atoms. The van der Waals surface area contributed by atoms with E-state index in [-0.39, 0.29) is 11.7 Å². The van der Waals surface area contributed by atoms with Crippen LogP contribution in [0.2, 0.25) is 0 Å². The molecule has 0 saturated heterocycles. The summed E-state index contributed by atoms with van der Waals surface area (Å²) in [7, 11) is 0. The molecule has 1 N–H and O–H groups in total. The summed E-state index contributed by atoms with van der Waals surface area (Å²) in [6.45, 7) is 4.87. The molecule has 5 rings (SSSR count). The Hall–Kier alpha value is -2.55. The zero-order valence-electron chi connectivity index (χ0n) is 16.2. The fourth-order valence-corrected chi connectivity index (χ4v) is 5.77. The molecule has 0 bridgehead atoms. The molecule has 0 aliphatic carbocycles. The molecule has 0 saturated carbocycles. The summed E-state index contributed by atoms with van der Waals surface area (Å²) in [5.41, 5.74) is 5.88. The summed E-state index contributed by atoms with van der Waals surface area (Å²) in [4.78, 5) is 9.14. The van der Waals surface area contributed by atoms with Crippen LogP contribution in [0.25, 0.3) is 17.4 Å². The Morgan fingerprint density at radius 3 is 2.97 bits per heavy atom. The minimum absolute atomic E-state index is 0.177.